The summed E-state index contributed by atoms with van der Waals surface area (Å²) in [6, 6.07) is 0.190. The van der Waals surface area contributed by atoms with Crippen molar-refractivity contribution in [1.82, 2.24) is 15.5 Å². The number of ether oxygens (including phenoxy) is 2. The molecule has 1 N–H and O–H groups in total. The van der Waals surface area contributed by atoms with Gasteiger partial charge in [0.15, 0.2) is 0 Å². The summed E-state index contributed by atoms with van der Waals surface area (Å²) in [5.74, 6) is 1.28. The van der Waals surface area contributed by atoms with Crippen molar-refractivity contribution in [3.05, 3.63) is 11.7 Å². The van der Waals surface area contributed by atoms with Crippen molar-refractivity contribution in [2.75, 3.05) is 26.9 Å². The molecule has 6 heteroatoms. The number of nitrogens with zero attached hydrogens (tertiary/aromatic N) is 2. The maximum atomic E-state index is 5.66. The molecule has 0 saturated heterocycles. The zero-order valence-electron chi connectivity index (χ0n) is 13.0. The van der Waals surface area contributed by atoms with E-state index in [-0.39, 0.29) is 12.1 Å². The van der Waals surface area contributed by atoms with Gasteiger partial charge in [-0.25, -0.2) is 0 Å². The maximum Gasteiger partial charge on any atom is 0.228 e. The molecule has 0 bridgehead atoms. The molecule has 0 amide bonds. The van der Waals surface area contributed by atoms with Crippen LogP contribution in [0.15, 0.2) is 4.52 Å². The van der Waals surface area contributed by atoms with Crippen LogP contribution < -0.4 is 5.32 Å². The van der Waals surface area contributed by atoms with Gasteiger partial charge in [0.05, 0.1) is 6.61 Å². The molecule has 0 aliphatic carbocycles. The van der Waals surface area contributed by atoms with Gasteiger partial charge in [0.1, 0.15) is 6.10 Å². The van der Waals surface area contributed by atoms with Gasteiger partial charge in [-0.15, -0.1) is 0 Å². The number of aromatic nitrogens is 2. The molecule has 0 fully saturated rings. The zero-order chi connectivity index (χ0) is 14.8. The third kappa shape index (κ3) is 5.56. The van der Waals surface area contributed by atoms with E-state index in [0.717, 1.165) is 19.4 Å². The largest absolute Gasteiger partial charge is 0.383 e. The van der Waals surface area contributed by atoms with Crippen molar-refractivity contribution < 1.29 is 14.0 Å². The quantitative estimate of drug-likeness (QED) is 0.671. The number of methoxy groups -OCH3 is 1. The molecule has 116 valence electrons. The number of rotatable bonds is 11. The second-order valence-electron chi connectivity index (χ2n) is 4.69. The highest BCUT2D eigenvalue weighted by Gasteiger charge is 2.19. The topological polar surface area (TPSA) is 69.4 Å². The third-order valence-corrected chi connectivity index (χ3v) is 2.97. The monoisotopic (exact) mass is 285 g/mol. The predicted octanol–water partition coefficient (Wildman–Crippen LogP) is 2.11. The molecule has 2 unspecified atom stereocenters. The van der Waals surface area contributed by atoms with E-state index >= 15 is 0 Å². The third-order valence-electron chi connectivity index (χ3n) is 2.97. The fraction of sp³-hybridized carbons (Fsp3) is 0.857. The molecule has 0 aliphatic rings. The van der Waals surface area contributed by atoms with Gasteiger partial charge in [0.2, 0.25) is 11.7 Å². The average Bonchev–Trinajstić information content (AvgIpc) is 2.87. The molecule has 0 saturated carbocycles. The van der Waals surface area contributed by atoms with Crippen LogP contribution in [0.5, 0.6) is 0 Å². The fourth-order valence-electron chi connectivity index (χ4n) is 2.12. The molecule has 0 aromatic carbocycles. The van der Waals surface area contributed by atoms with Crippen LogP contribution in [0.1, 0.15) is 51.4 Å². The van der Waals surface area contributed by atoms with Crippen LogP contribution in [0, 0.1) is 0 Å². The molecule has 1 aromatic rings. The Balaban J connectivity index is 2.64. The minimum absolute atomic E-state index is 0.0671. The maximum absolute atomic E-state index is 5.66. The van der Waals surface area contributed by atoms with Crippen molar-refractivity contribution >= 4 is 0 Å². The first kappa shape index (κ1) is 17.1. The van der Waals surface area contributed by atoms with E-state index in [4.69, 9.17) is 14.0 Å². The summed E-state index contributed by atoms with van der Waals surface area (Å²) >= 11 is 0. The van der Waals surface area contributed by atoms with E-state index in [1.807, 2.05) is 6.92 Å². The number of nitrogens with one attached hydrogen (secondary N) is 1. The minimum atomic E-state index is -0.0671. The van der Waals surface area contributed by atoms with E-state index in [2.05, 4.69) is 29.3 Å². The summed E-state index contributed by atoms with van der Waals surface area (Å²) < 4.78 is 16.2. The summed E-state index contributed by atoms with van der Waals surface area (Å²) in [5, 5.41) is 7.38. The van der Waals surface area contributed by atoms with Gasteiger partial charge in [-0.05, 0) is 19.9 Å². The summed E-state index contributed by atoms with van der Waals surface area (Å²) in [7, 11) is 1.69. The molecule has 1 aromatic heterocycles. The molecule has 0 aliphatic heterocycles. The van der Waals surface area contributed by atoms with Gasteiger partial charge < -0.3 is 19.3 Å². The first-order chi connectivity index (χ1) is 9.74. The van der Waals surface area contributed by atoms with Crippen LogP contribution in [0.2, 0.25) is 0 Å². The van der Waals surface area contributed by atoms with E-state index in [1.54, 1.807) is 7.11 Å². The molecule has 20 heavy (non-hydrogen) atoms. The van der Waals surface area contributed by atoms with Gasteiger partial charge in [-0.1, -0.05) is 25.4 Å². The summed E-state index contributed by atoms with van der Waals surface area (Å²) in [6.45, 7) is 8.31. The van der Waals surface area contributed by atoms with Gasteiger partial charge >= 0.3 is 0 Å². The molecule has 1 rings (SSSR count). The first-order valence-corrected chi connectivity index (χ1v) is 7.41. The fourth-order valence-corrected chi connectivity index (χ4v) is 2.12. The lowest BCUT2D eigenvalue weighted by Gasteiger charge is -2.14. The second kappa shape index (κ2) is 9.85. The SMILES string of the molecule is CCCC(OCC)c1noc(CC(COC)NCC)n1. The van der Waals surface area contributed by atoms with Crippen molar-refractivity contribution in [3.63, 3.8) is 0 Å². The minimum Gasteiger partial charge on any atom is -0.383 e. The number of likely N-dealkylation sites (N-methyl/N-ethyl adjacent to an activating group) is 1. The van der Waals surface area contributed by atoms with Crippen LogP contribution in [-0.4, -0.2) is 43.1 Å². The standard InChI is InChI=1S/C14H27N3O3/c1-5-8-12(19-7-3)14-16-13(20-17-14)9-11(10-18-4)15-6-2/h11-12,15H,5-10H2,1-4H3. The lowest BCUT2D eigenvalue weighted by atomic mass is 10.2. The Bertz CT molecular complexity index is 345. The highest BCUT2D eigenvalue weighted by Crippen LogP contribution is 2.20. The van der Waals surface area contributed by atoms with Crippen molar-refractivity contribution in [1.29, 1.82) is 0 Å². The Morgan fingerprint density at radius 2 is 2.10 bits per heavy atom. The van der Waals surface area contributed by atoms with Crippen molar-refractivity contribution in [2.45, 2.75) is 52.2 Å². The molecule has 1 heterocycles. The molecular weight excluding hydrogens is 258 g/mol. The average molecular weight is 285 g/mol. The van der Waals surface area contributed by atoms with Gasteiger partial charge in [0.25, 0.3) is 0 Å². The molecule has 0 radical (unpaired) electrons. The van der Waals surface area contributed by atoms with Crippen LogP contribution in [0.3, 0.4) is 0 Å². The van der Waals surface area contributed by atoms with E-state index < -0.39 is 0 Å². The van der Waals surface area contributed by atoms with Crippen molar-refractivity contribution in [2.24, 2.45) is 0 Å². The zero-order valence-corrected chi connectivity index (χ0v) is 13.0. The van der Waals surface area contributed by atoms with Crippen LogP contribution in [-0.2, 0) is 15.9 Å². The predicted molar refractivity (Wildman–Crippen MR) is 76.6 cm³/mol. The molecule has 0 spiro atoms. The normalized spacial score (nSPS) is 14.4. The van der Waals surface area contributed by atoms with E-state index in [0.29, 0.717) is 31.3 Å². The Kier molecular flexibility index (Phi) is 8.41. The van der Waals surface area contributed by atoms with E-state index in [1.165, 1.54) is 0 Å². The van der Waals surface area contributed by atoms with Gasteiger partial charge in [-0.2, -0.15) is 4.98 Å². The molecular formula is C14H27N3O3. The highest BCUT2D eigenvalue weighted by atomic mass is 16.5. The Morgan fingerprint density at radius 3 is 2.70 bits per heavy atom. The van der Waals surface area contributed by atoms with E-state index in [9.17, 15) is 0 Å². The molecule has 2 atom stereocenters. The van der Waals surface area contributed by atoms with Gasteiger partial charge in [0, 0.05) is 26.2 Å². The lowest BCUT2D eigenvalue weighted by molar-refractivity contribution is 0.0477. The summed E-state index contributed by atoms with van der Waals surface area (Å²) in [5.41, 5.74) is 0. The highest BCUT2D eigenvalue weighted by molar-refractivity contribution is 4.93. The van der Waals surface area contributed by atoms with Crippen molar-refractivity contribution in [3.8, 4) is 0 Å². The second-order valence-corrected chi connectivity index (χ2v) is 4.69. The van der Waals surface area contributed by atoms with Gasteiger partial charge in [-0.3, -0.25) is 0 Å². The number of hydrogen-bond acceptors (Lipinski definition) is 6. The first-order valence-electron chi connectivity index (χ1n) is 7.41. The van der Waals surface area contributed by atoms with Crippen LogP contribution >= 0.6 is 0 Å². The smallest absolute Gasteiger partial charge is 0.228 e. The van der Waals surface area contributed by atoms with Crippen LogP contribution in [0.25, 0.3) is 0 Å². The summed E-state index contributed by atoms with van der Waals surface area (Å²) in [6.07, 6.45) is 2.53. The Labute approximate surface area is 121 Å². The van der Waals surface area contributed by atoms with Crippen LogP contribution in [0.4, 0.5) is 0 Å². The lowest BCUT2D eigenvalue weighted by Crippen LogP contribution is -2.35. The number of hydrogen-bond donors (Lipinski definition) is 1. The Morgan fingerprint density at radius 1 is 1.30 bits per heavy atom. The summed E-state index contributed by atoms with van der Waals surface area (Å²) in [4.78, 5) is 4.45. The Hall–Kier alpha value is -0.980. The molecule has 6 nitrogen and oxygen atoms in total.